The molecule has 5 aromatic rings. The zero-order valence-electron chi connectivity index (χ0n) is 22.7. The summed E-state index contributed by atoms with van der Waals surface area (Å²) in [5, 5.41) is 5.66. The van der Waals surface area contributed by atoms with Gasteiger partial charge in [0.1, 0.15) is 0 Å². The van der Waals surface area contributed by atoms with E-state index in [1.54, 1.807) is 11.1 Å². The minimum Gasteiger partial charge on any atom is -0.0622 e. The van der Waals surface area contributed by atoms with Crippen LogP contribution in [0.1, 0.15) is 75.3 Å². The van der Waals surface area contributed by atoms with Crippen molar-refractivity contribution in [2.45, 2.75) is 77.0 Å². The van der Waals surface area contributed by atoms with E-state index < -0.39 is 0 Å². The van der Waals surface area contributed by atoms with E-state index in [4.69, 9.17) is 0 Å². The molecule has 0 spiro atoms. The van der Waals surface area contributed by atoms with E-state index >= 15 is 0 Å². The Hall–Kier alpha value is -3.38. The third-order valence-electron chi connectivity index (χ3n) is 8.62. The third-order valence-corrected chi connectivity index (χ3v) is 8.62. The first-order valence-electron chi connectivity index (χ1n) is 15.0. The minimum absolute atomic E-state index is 1.14. The lowest BCUT2D eigenvalue weighted by Gasteiger charge is -2.24. The summed E-state index contributed by atoms with van der Waals surface area (Å²) in [6.45, 7) is 0. The molecule has 0 aliphatic heterocycles. The molecule has 5 aromatic carbocycles. The van der Waals surface area contributed by atoms with Gasteiger partial charge in [-0.15, -0.1) is 0 Å². The number of rotatable bonds is 2. The lowest BCUT2D eigenvalue weighted by Crippen LogP contribution is -2.03. The fourth-order valence-corrected chi connectivity index (χ4v) is 6.69. The van der Waals surface area contributed by atoms with E-state index in [1.165, 1.54) is 108 Å². The highest BCUT2D eigenvalue weighted by molar-refractivity contribution is 6.08. The molecule has 192 valence electrons. The second-order valence-corrected chi connectivity index (χ2v) is 11.2. The Morgan fingerprint density at radius 1 is 0.342 bits per heavy atom. The summed E-state index contributed by atoms with van der Waals surface area (Å²) >= 11 is 0. The fraction of sp³-hybridized carbons (Fsp3) is 0.316. The van der Waals surface area contributed by atoms with Crippen molar-refractivity contribution < 1.29 is 0 Å². The molecule has 6 rings (SSSR count). The largest absolute Gasteiger partial charge is 0.0622 e. The van der Waals surface area contributed by atoms with Crippen LogP contribution in [-0.4, -0.2) is 0 Å². The van der Waals surface area contributed by atoms with Crippen LogP contribution in [0.15, 0.2) is 97.1 Å². The average molecular weight is 497 g/mol. The molecular formula is C38H40. The Bertz CT molecular complexity index is 1380. The number of hydrogen-bond acceptors (Lipinski definition) is 0. The lowest BCUT2D eigenvalue weighted by atomic mass is 9.79. The second-order valence-electron chi connectivity index (χ2n) is 11.2. The highest BCUT2D eigenvalue weighted by Crippen LogP contribution is 2.45. The smallest absolute Gasteiger partial charge is 0.00641 e. The molecule has 0 aromatic heterocycles. The van der Waals surface area contributed by atoms with Gasteiger partial charge in [0.2, 0.25) is 0 Å². The van der Waals surface area contributed by atoms with Crippen LogP contribution in [0.5, 0.6) is 0 Å². The normalized spacial score (nSPS) is 15.7. The summed E-state index contributed by atoms with van der Waals surface area (Å²) < 4.78 is 0. The Balaban J connectivity index is 1.68. The number of fused-ring (bicyclic) bond motifs is 1. The topological polar surface area (TPSA) is 0 Å². The van der Waals surface area contributed by atoms with Crippen LogP contribution >= 0.6 is 0 Å². The highest BCUT2D eigenvalue weighted by atomic mass is 14.3. The van der Waals surface area contributed by atoms with Gasteiger partial charge in [-0.2, -0.15) is 0 Å². The number of benzene rings is 5. The van der Waals surface area contributed by atoms with E-state index in [1.807, 2.05) is 0 Å². The molecule has 38 heavy (non-hydrogen) atoms. The molecule has 2 bridgehead atoms. The lowest BCUT2D eigenvalue weighted by molar-refractivity contribution is 0.551. The summed E-state index contributed by atoms with van der Waals surface area (Å²) in [5.41, 5.74) is 8.76. The molecule has 0 saturated heterocycles. The summed E-state index contributed by atoms with van der Waals surface area (Å²) in [4.78, 5) is 0. The van der Waals surface area contributed by atoms with Gasteiger partial charge in [-0.05, 0) is 92.7 Å². The van der Waals surface area contributed by atoms with Crippen molar-refractivity contribution in [1.82, 2.24) is 0 Å². The molecule has 0 heteroatoms. The maximum atomic E-state index is 2.51. The average Bonchev–Trinajstić information content (AvgIpc) is 2.97. The molecule has 0 atom stereocenters. The Morgan fingerprint density at radius 2 is 0.684 bits per heavy atom. The SMILES string of the molecule is c1ccc(-c2c(-c3ccccc3)c3c4cc5ccccc5cc4c2CCCCCCCCCCCC3)cc1. The zero-order valence-corrected chi connectivity index (χ0v) is 22.7. The highest BCUT2D eigenvalue weighted by Gasteiger charge is 2.22. The molecule has 0 nitrogen and oxygen atoms in total. The van der Waals surface area contributed by atoms with Gasteiger partial charge in [0.15, 0.2) is 0 Å². The van der Waals surface area contributed by atoms with Crippen molar-refractivity contribution in [2.24, 2.45) is 0 Å². The minimum atomic E-state index is 1.14. The molecule has 0 heterocycles. The molecule has 0 unspecified atom stereocenters. The van der Waals surface area contributed by atoms with Gasteiger partial charge in [0.25, 0.3) is 0 Å². The van der Waals surface area contributed by atoms with Gasteiger partial charge in [-0.25, -0.2) is 0 Å². The molecular weight excluding hydrogens is 456 g/mol. The summed E-state index contributed by atoms with van der Waals surface area (Å²) in [6, 6.07) is 36.5. The Kier molecular flexibility index (Phi) is 7.87. The third kappa shape index (κ3) is 5.28. The van der Waals surface area contributed by atoms with Gasteiger partial charge in [-0.1, -0.05) is 136 Å². The Morgan fingerprint density at radius 3 is 1.08 bits per heavy atom. The van der Waals surface area contributed by atoms with E-state index in [0.29, 0.717) is 0 Å². The first kappa shape index (κ1) is 24.9. The van der Waals surface area contributed by atoms with E-state index in [2.05, 4.69) is 97.1 Å². The van der Waals surface area contributed by atoms with Crippen molar-refractivity contribution in [3.05, 3.63) is 108 Å². The maximum absolute atomic E-state index is 2.51. The summed E-state index contributed by atoms with van der Waals surface area (Å²) in [6.07, 6.45) is 15.8. The van der Waals surface area contributed by atoms with E-state index in [-0.39, 0.29) is 0 Å². The Labute approximate surface area is 228 Å². The van der Waals surface area contributed by atoms with E-state index in [9.17, 15) is 0 Å². The molecule has 0 saturated carbocycles. The van der Waals surface area contributed by atoms with Gasteiger partial charge in [0, 0.05) is 0 Å². The van der Waals surface area contributed by atoms with Gasteiger partial charge in [-0.3, -0.25) is 0 Å². The second kappa shape index (κ2) is 12.0. The molecule has 1 aliphatic carbocycles. The quantitative estimate of drug-likeness (QED) is 0.213. The van der Waals surface area contributed by atoms with Crippen LogP contribution in [0.2, 0.25) is 0 Å². The maximum Gasteiger partial charge on any atom is -0.00641 e. The van der Waals surface area contributed by atoms with Crippen molar-refractivity contribution in [3.63, 3.8) is 0 Å². The van der Waals surface area contributed by atoms with Gasteiger partial charge < -0.3 is 0 Å². The van der Waals surface area contributed by atoms with Crippen LogP contribution in [0, 0.1) is 0 Å². The monoisotopic (exact) mass is 496 g/mol. The molecule has 0 amide bonds. The predicted octanol–water partition coefficient (Wildman–Crippen LogP) is 11.3. The summed E-state index contributed by atoms with van der Waals surface area (Å²) in [5.74, 6) is 0. The molecule has 0 N–H and O–H groups in total. The standard InChI is InChI=1S/C38H40/c1-2-4-6-8-16-26-34-36-28-32-24-18-17-23-31(32)27-35(36)33(25-15-7-5-3-1)37(29-19-11-9-12-20-29)38(34)30-21-13-10-14-22-30/h9-14,17-24,27-28H,1-8,15-16,25-26H2. The first-order chi connectivity index (χ1) is 18.9. The van der Waals surface area contributed by atoms with Crippen LogP contribution in [0.4, 0.5) is 0 Å². The van der Waals surface area contributed by atoms with Crippen LogP contribution in [0.3, 0.4) is 0 Å². The van der Waals surface area contributed by atoms with Crippen molar-refractivity contribution in [2.75, 3.05) is 0 Å². The number of aryl methyl sites for hydroxylation is 2. The van der Waals surface area contributed by atoms with Crippen molar-refractivity contribution in [3.8, 4) is 22.3 Å². The van der Waals surface area contributed by atoms with Crippen LogP contribution in [-0.2, 0) is 12.8 Å². The fourth-order valence-electron chi connectivity index (χ4n) is 6.69. The molecule has 0 fully saturated rings. The predicted molar refractivity (Wildman–Crippen MR) is 166 cm³/mol. The van der Waals surface area contributed by atoms with Crippen LogP contribution < -0.4 is 0 Å². The first-order valence-corrected chi connectivity index (χ1v) is 15.0. The summed E-state index contributed by atoms with van der Waals surface area (Å²) in [7, 11) is 0. The van der Waals surface area contributed by atoms with Gasteiger partial charge >= 0.3 is 0 Å². The van der Waals surface area contributed by atoms with E-state index in [0.717, 1.165) is 12.8 Å². The van der Waals surface area contributed by atoms with Crippen molar-refractivity contribution in [1.29, 1.82) is 0 Å². The zero-order chi connectivity index (χ0) is 25.6. The number of hydrogen-bond donors (Lipinski definition) is 0. The van der Waals surface area contributed by atoms with Gasteiger partial charge in [0.05, 0.1) is 0 Å². The van der Waals surface area contributed by atoms with Crippen LogP contribution in [0.25, 0.3) is 43.8 Å². The van der Waals surface area contributed by atoms with Crippen molar-refractivity contribution >= 4 is 21.5 Å². The molecule has 1 aliphatic rings. The molecule has 0 radical (unpaired) electrons.